The molecule has 5 rings (SSSR count). The molecular weight excluding hydrogens is 354 g/mol. The monoisotopic (exact) mass is 373 g/mol. The first-order valence-corrected chi connectivity index (χ1v) is 9.92. The lowest BCUT2D eigenvalue weighted by molar-refractivity contribution is 0.198. The summed E-state index contributed by atoms with van der Waals surface area (Å²) in [7, 11) is 0. The third-order valence-electron chi connectivity index (χ3n) is 4.98. The zero-order chi connectivity index (χ0) is 18.1. The maximum absolute atomic E-state index is 4.88. The number of nitrogens with one attached hydrogen (secondary N) is 1. The van der Waals surface area contributed by atoms with E-state index in [4.69, 9.17) is 4.98 Å². The average molecular weight is 373 g/mol. The number of hydrogen-bond acceptors (Lipinski definition) is 5. The predicted molar refractivity (Wildman–Crippen MR) is 106 cm³/mol. The van der Waals surface area contributed by atoms with Crippen LogP contribution in [0.4, 0.5) is 0 Å². The summed E-state index contributed by atoms with van der Waals surface area (Å²) in [5.41, 5.74) is 5.85. The Bertz CT molecular complexity index is 1020. The van der Waals surface area contributed by atoms with Gasteiger partial charge in [-0.15, -0.1) is 11.3 Å². The summed E-state index contributed by atoms with van der Waals surface area (Å²) < 4.78 is 0. The zero-order valence-corrected chi connectivity index (χ0v) is 15.6. The predicted octanol–water partition coefficient (Wildman–Crippen LogP) is 4.08. The summed E-state index contributed by atoms with van der Waals surface area (Å²) >= 11 is 1.71. The molecule has 0 saturated heterocycles. The number of nitrogens with zero attached hydrogens (tertiary/aromatic N) is 4. The summed E-state index contributed by atoms with van der Waals surface area (Å²) in [6, 6.07) is 14.7. The average Bonchev–Trinajstić information content (AvgIpc) is 3.39. The molecule has 0 radical (unpaired) electrons. The molecule has 6 heteroatoms. The van der Waals surface area contributed by atoms with Gasteiger partial charge < -0.3 is 4.98 Å². The fraction of sp³-hybridized carbons (Fsp3) is 0.190. The summed E-state index contributed by atoms with van der Waals surface area (Å²) in [6.45, 7) is 1.78. The highest BCUT2D eigenvalue weighted by atomic mass is 32.1. The molecule has 0 spiro atoms. The first kappa shape index (κ1) is 16.4. The van der Waals surface area contributed by atoms with Crippen molar-refractivity contribution in [3.05, 3.63) is 89.2 Å². The smallest absolute Gasteiger partial charge is 0.123 e. The molecule has 1 aromatic carbocycles. The van der Waals surface area contributed by atoms with Crippen molar-refractivity contribution in [1.29, 1.82) is 0 Å². The van der Waals surface area contributed by atoms with Crippen molar-refractivity contribution < 1.29 is 0 Å². The molecule has 4 aromatic rings. The molecule has 1 aliphatic rings. The van der Waals surface area contributed by atoms with Crippen LogP contribution in [-0.4, -0.2) is 31.4 Å². The third-order valence-corrected chi connectivity index (χ3v) is 5.92. The van der Waals surface area contributed by atoms with E-state index in [9.17, 15) is 0 Å². The van der Waals surface area contributed by atoms with Crippen LogP contribution in [0.15, 0.2) is 66.6 Å². The maximum atomic E-state index is 4.88. The van der Waals surface area contributed by atoms with Crippen LogP contribution in [0.2, 0.25) is 0 Å². The largest absolute Gasteiger partial charge is 0.348 e. The Balaban J connectivity index is 1.45. The van der Waals surface area contributed by atoms with Crippen LogP contribution in [0.5, 0.6) is 0 Å². The van der Waals surface area contributed by atoms with Gasteiger partial charge in [0.05, 0.1) is 23.8 Å². The van der Waals surface area contributed by atoms with Gasteiger partial charge in [0.25, 0.3) is 0 Å². The van der Waals surface area contributed by atoms with E-state index in [-0.39, 0.29) is 6.04 Å². The van der Waals surface area contributed by atoms with Gasteiger partial charge in [0.2, 0.25) is 0 Å². The van der Waals surface area contributed by atoms with Gasteiger partial charge in [0.1, 0.15) is 5.01 Å². The van der Waals surface area contributed by atoms with Gasteiger partial charge >= 0.3 is 0 Å². The van der Waals surface area contributed by atoms with Crippen molar-refractivity contribution in [3.63, 3.8) is 0 Å². The Labute approximate surface area is 161 Å². The van der Waals surface area contributed by atoms with Crippen LogP contribution in [0, 0.1) is 0 Å². The van der Waals surface area contributed by atoms with E-state index in [1.54, 1.807) is 17.7 Å². The minimum atomic E-state index is 0.130. The first-order chi connectivity index (χ1) is 13.4. The number of aromatic nitrogens is 4. The number of benzene rings is 1. The second-order valence-electron chi connectivity index (χ2n) is 6.68. The van der Waals surface area contributed by atoms with Gasteiger partial charge in [0.15, 0.2) is 0 Å². The van der Waals surface area contributed by atoms with Crippen LogP contribution in [0.1, 0.15) is 28.7 Å². The molecule has 3 aromatic heterocycles. The molecule has 1 aliphatic heterocycles. The van der Waals surface area contributed by atoms with Crippen molar-refractivity contribution in [2.75, 3.05) is 6.54 Å². The quantitative estimate of drug-likeness (QED) is 0.586. The SMILES string of the molecule is c1ccc(-c2nc(CN3CCc4[nH]cnc4[C@@H]3c3ccncc3)cs2)cc1. The van der Waals surface area contributed by atoms with Gasteiger partial charge in [-0.05, 0) is 17.7 Å². The molecule has 4 heterocycles. The van der Waals surface area contributed by atoms with E-state index >= 15 is 0 Å². The normalized spacial score (nSPS) is 17.0. The standard InChI is InChI=1S/C21H19N5S/c1-2-4-16(5-3-1)21-25-17(13-27-21)12-26-11-8-18-19(24-14-23-18)20(26)15-6-9-22-10-7-15/h1-7,9-10,13-14,20H,8,11-12H2,(H,23,24)/t20-/m0/s1. The Kier molecular flexibility index (Phi) is 4.27. The summed E-state index contributed by atoms with van der Waals surface area (Å²) in [6.07, 6.45) is 6.49. The van der Waals surface area contributed by atoms with E-state index in [2.05, 4.69) is 61.6 Å². The Hall–Kier alpha value is -2.83. The second-order valence-corrected chi connectivity index (χ2v) is 7.54. The minimum Gasteiger partial charge on any atom is -0.348 e. The number of thiazole rings is 1. The Morgan fingerprint density at radius 3 is 2.81 bits per heavy atom. The van der Waals surface area contributed by atoms with Crippen LogP contribution in [0.25, 0.3) is 10.6 Å². The van der Waals surface area contributed by atoms with Crippen molar-refractivity contribution >= 4 is 11.3 Å². The first-order valence-electron chi connectivity index (χ1n) is 9.04. The van der Waals surface area contributed by atoms with Gasteiger partial charge in [-0.3, -0.25) is 9.88 Å². The van der Waals surface area contributed by atoms with Gasteiger partial charge in [-0.1, -0.05) is 30.3 Å². The number of hydrogen-bond donors (Lipinski definition) is 1. The van der Waals surface area contributed by atoms with Crippen molar-refractivity contribution in [2.45, 2.75) is 19.0 Å². The van der Waals surface area contributed by atoms with Crippen molar-refractivity contribution in [3.8, 4) is 10.6 Å². The lowest BCUT2D eigenvalue weighted by Crippen LogP contribution is -2.36. The lowest BCUT2D eigenvalue weighted by Gasteiger charge is -2.34. The van der Waals surface area contributed by atoms with Gasteiger partial charge in [0, 0.05) is 48.5 Å². The molecule has 0 saturated carbocycles. The third kappa shape index (κ3) is 3.18. The summed E-state index contributed by atoms with van der Waals surface area (Å²) in [4.78, 5) is 19.4. The number of aromatic amines is 1. The molecule has 1 atom stereocenters. The van der Waals surface area contributed by atoms with E-state index in [0.717, 1.165) is 35.9 Å². The minimum absolute atomic E-state index is 0.130. The van der Waals surface area contributed by atoms with E-state index in [1.165, 1.54) is 16.8 Å². The second kappa shape index (κ2) is 7.06. The molecule has 0 aliphatic carbocycles. The van der Waals surface area contributed by atoms with Crippen molar-refractivity contribution in [1.82, 2.24) is 24.8 Å². The van der Waals surface area contributed by atoms with Crippen LogP contribution < -0.4 is 0 Å². The molecule has 1 N–H and O–H groups in total. The topological polar surface area (TPSA) is 57.7 Å². The number of H-pyrrole nitrogens is 1. The van der Waals surface area contributed by atoms with E-state index in [0.29, 0.717) is 0 Å². The van der Waals surface area contributed by atoms with E-state index < -0.39 is 0 Å². The molecule has 27 heavy (non-hydrogen) atoms. The Morgan fingerprint density at radius 2 is 1.96 bits per heavy atom. The molecule has 0 unspecified atom stereocenters. The Morgan fingerprint density at radius 1 is 1.11 bits per heavy atom. The fourth-order valence-electron chi connectivity index (χ4n) is 3.71. The molecule has 0 bridgehead atoms. The van der Waals surface area contributed by atoms with Crippen LogP contribution in [-0.2, 0) is 13.0 Å². The highest BCUT2D eigenvalue weighted by molar-refractivity contribution is 7.13. The van der Waals surface area contributed by atoms with Gasteiger partial charge in [-0.2, -0.15) is 0 Å². The molecule has 134 valence electrons. The number of rotatable bonds is 4. The molecule has 0 amide bonds. The molecule has 5 nitrogen and oxygen atoms in total. The fourth-order valence-corrected chi connectivity index (χ4v) is 4.53. The van der Waals surface area contributed by atoms with E-state index in [1.807, 2.05) is 18.5 Å². The number of fused-ring (bicyclic) bond motifs is 1. The number of imidazole rings is 1. The van der Waals surface area contributed by atoms with Crippen LogP contribution >= 0.6 is 11.3 Å². The zero-order valence-electron chi connectivity index (χ0n) is 14.7. The summed E-state index contributed by atoms with van der Waals surface area (Å²) in [5.74, 6) is 0. The number of pyridine rings is 1. The molecular formula is C21H19N5S. The van der Waals surface area contributed by atoms with Crippen LogP contribution in [0.3, 0.4) is 0 Å². The van der Waals surface area contributed by atoms with Gasteiger partial charge in [-0.25, -0.2) is 9.97 Å². The highest BCUT2D eigenvalue weighted by Crippen LogP contribution is 2.34. The van der Waals surface area contributed by atoms with Crippen molar-refractivity contribution in [2.24, 2.45) is 0 Å². The maximum Gasteiger partial charge on any atom is 0.123 e. The molecule has 0 fully saturated rings. The highest BCUT2D eigenvalue weighted by Gasteiger charge is 2.31. The lowest BCUT2D eigenvalue weighted by atomic mass is 9.96. The summed E-state index contributed by atoms with van der Waals surface area (Å²) in [5, 5.41) is 3.25.